The Kier molecular flexibility index (Phi) is 5.87. The summed E-state index contributed by atoms with van der Waals surface area (Å²) in [6, 6.07) is 6.42. The maximum absolute atomic E-state index is 12.9. The van der Waals surface area contributed by atoms with Crippen molar-refractivity contribution in [3.63, 3.8) is 0 Å². The maximum Gasteiger partial charge on any atom is 0.433 e. The van der Waals surface area contributed by atoms with Crippen molar-refractivity contribution >= 4 is 40.1 Å². The molecular weight excluding hydrogens is 458 g/mol. The van der Waals surface area contributed by atoms with Gasteiger partial charge < -0.3 is 19.9 Å². The van der Waals surface area contributed by atoms with E-state index in [0.29, 0.717) is 31.8 Å². The minimum atomic E-state index is -4.59. The van der Waals surface area contributed by atoms with Crippen molar-refractivity contribution in [1.29, 1.82) is 0 Å². The number of hydrogen-bond acceptors (Lipinski definition) is 3. The molecule has 0 bridgehead atoms. The summed E-state index contributed by atoms with van der Waals surface area (Å²) in [4.78, 5) is 6.44. The van der Waals surface area contributed by atoms with Gasteiger partial charge >= 0.3 is 12.1 Å². The highest BCUT2D eigenvalue weighted by Gasteiger charge is 2.33. The minimum Gasteiger partial charge on any atom is -0.460 e. The van der Waals surface area contributed by atoms with Crippen molar-refractivity contribution in [3.05, 3.63) is 62.9 Å². The smallest absolute Gasteiger partial charge is 0.433 e. The van der Waals surface area contributed by atoms with E-state index in [1.54, 1.807) is 4.58 Å². The first-order valence-electron chi connectivity index (χ1n) is 9.28. The number of benzene rings is 1. The Labute approximate surface area is 184 Å². The van der Waals surface area contributed by atoms with E-state index in [-0.39, 0.29) is 38.3 Å². The molecule has 3 N–H and O–H groups in total. The Morgan fingerprint density at radius 3 is 2.55 bits per heavy atom. The highest BCUT2D eigenvalue weighted by atomic mass is 35.5. The Hall–Kier alpha value is -2.33. The van der Waals surface area contributed by atoms with E-state index in [2.05, 4.69) is 9.97 Å². The van der Waals surface area contributed by atoms with Crippen LogP contribution in [0.2, 0.25) is 10.0 Å². The van der Waals surface area contributed by atoms with Gasteiger partial charge in [-0.25, -0.2) is 4.98 Å². The molecule has 31 heavy (non-hydrogen) atoms. The summed E-state index contributed by atoms with van der Waals surface area (Å²) >= 11 is 12.8. The lowest BCUT2D eigenvalue weighted by Gasteiger charge is -2.16. The minimum absolute atomic E-state index is 0.0339. The van der Waals surface area contributed by atoms with Gasteiger partial charge in [-0.15, -0.1) is 0 Å². The normalized spacial score (nSPS) is 16.0. The summed E-state index contributed by atoms with van der Waals surface area (Å²) in [7, 11) is 0. The molecule has 1 unspecified atom stereocenters. The van der Waals surface area contributed by atoms with Gasteiger partial charge in [-0.3, -0.25) is 0 Å². The van der Waals surface area contributed by atoms with Gasteiger partial charge in [0.2, 0.25) is 0 Å². The number of nitrogens with one attached hydrogen (secondary N) is 1. The zero-order chi connectivity index (χ0) is 22.3. The maximum atomic E-state index is 12.9. The van der Waals surface area contributed by atoms with Crippen LogP contribution >= 0.6 is 23.2 Å². The Balaban J connectivity index is 1.75. The van der Waals surface area contributed by atoms with Gasteiger partial charge in [0.25, 0.3) is 0 Å². The number of hydrogen-bond donors (Lipinski definition) is 3. The number of morpholine rings is 1. The zero-order valence-corrected chi connectivity index (χ0v) is 17.4. The predicted octanol–water partition coefficient (Wildman–Crippen LogP) is 4.32. The van der Waals surface area contributed by atoms with E-state index in [4.69, 9.17) is 27.9 Å². The fraction of sp³-hybridized carbons (Fsp3) is 0.300. The van der Waals surface area contributed by atoms with Gasteiger partial charge in [-0.1, -0.05) is 23.2 Å². The molecule has 1 fully saturated rings. The molecule has 1 atom stereocenters. The molecule has 2 aromatic heterocycles. The van der Waals surface area contributed by atoms with Crippen LogP contribution < -0.4 is 0 Å². The lowest BCUT2D eigenvalue weighted by Crippen LogP contribution is -2.34. The number of pyridine rings is 1. The molecule has 4 rings (SSSR count). The molecule has 0 aliphatic carbocycles. The van der Waals surface area contributed by atoms with Crippen LogP contribution in [-0.4, -0.2) is 57.0 Å². The summed E-state index contributed by atoms with van der Waals surface area (Å²) in [5, 5.41) is 21.8. The second-order valence-electron chi connectivity index (χ2n) is 7.00. The van der Waals surface area contributed by atoms with Gasteiger partial charge in [0, 0.05) is 10.6 Å². The van der Waals surface area contributed by atoms with E-state index in [0.717, 1.165) is 6.07 Å². The van der Waals surface area contributed by atoms with Crippen molar-refractivity contribution in [2.24, 2.45) is 0 Å². The summed E-state index contributed by atoms with van der Waals surface area (Å²) in [6.07, 6.45) is -5.97. The number of alkyl halides is 3. The quantitative estimate of drug-likeness (QED) is 0.390. The molecular formula is C20H17Cl2F3N3O3+. The number of nitrogens with zero attached hydrogens (tertiary/aromatic N) is 2. The molecule has 11 heteroatoms. The van der Waals surface area contributed by atoms with Gasteiger partial charge in [-0.2, -0.15) is 17.7 Å². The SMILES string of the molecule is OC(c1ccc(Cl)c(C(O)c2cc3nc(C(F)(F)F)ccc3[nH]2)c1Cl)=[N+]1CCOCC1. The van der Waals surface area contributed by atoms with Crippen LogP contribution in [0.25, 0.3) is 11.0 Å². The first-order chi connectivity index (χ1) is 14.7. The molecule has 0 radical (unpaired) electrons. The Morgan fingerprint density at radius 1 is 1.16 bits per heavy atom. The van der Waals surface area contributed by atoms with Crippen LogP contribution in [0, 0.1) is 0 Å². The Morgan fingerprint density at radius 2 is 1.87 bits per heavy atom. The molecule has 3 aromatic rings. The molecule has 0 amide bonds. The zero-order valence-electron chi connectivity index (χ0n) is 15.9. The summed E-state index contributed by atoms with van der Waals surface area (Å²) in [5.41, 5.74) is -0.140. The average molecular weight is 475 g/mol. The average Bonchev–Trinajstić information content (AvgIpc) is 3.17. The van der Waals surface area contributed by atoms with Gasteiger partial charge in [-0.05, 0) is 30.3 Å². The lowest BCUT2D eigenvalue weighted by molar-refractivity contribution is -0.555. The Bertz CT molecular complexity index is 1170. The first kappa shape index (κ1) is 21.9. The van der Waals surface area contributed by atoms with Gasteiger partial charge in [0.1, 0.15) is 30.6 Å². The third-order valence-corrected chi connectivity index (χ3v) is 5.77. The van der Waals surface area contributed by atoms with Gasteiger partial charge in [0.05, 0.1) is 21.7 Å². The fourth-order valence-corrected chi connectivity index (χ4v) is 4.09. The standard InChI is InChI=1S/C20H16Cl2F3N3O3/c21-11-2-1-10(19(30)28-5-7-31-8-6-28)17(22)16(11)18(29)14-9-13-12(26-14)3-4-15(27-13)20(23,24)25/h1-4,9,18,29H,5-8H2,(H,26,27)/p+1. The van der Waals surface area contributed by atoms with Crippen LogP contribution in [0.3, 0.4) is 0 Å². The van der Waals surface area contributed by atoms with E-state index in [1.807, 2.05) is 0 Å². The number of ether oxygens (including phenoxy) is 1. The molecule has 1 aliphatic heterocycles. The number of aliphatic hydroxyl groups excluding tert-OH is 2. The molecule has 0 saturated carbocycles. The van der Waals surface area contributed by atoms with Crippen molar-refractivity contribution in [1.82, 2.24) is 9.97 Å². The molecule has 164 valence electrons. The number of aromatic amines is 1. The predicted molar refractivity (Wildman–Crippen MR) is 109 cm³/mol. The first-order valence-corrected chi connectivity index (χ1v) is 10.0. The molecule has 6 nitrogen and oxygen atoms in total. The molecule has 1 aromatic carbocycles. The highest BCUT2D eigenvalue weighted by molar-refractivity contribution is 6.38. The summed E-state index contributed by atoms with van der Waals surface area (Å²) in [6.45, 7) is 1.84. The second kappa shape index (κ2) is 8.31. The van der Waals surface area contributed by atoms with E-state index >= 15 is 0 Å². The molecule has 0 spiro atoms. The van der Waals surface area contributed by atoms with Gasteiger partial charge in [0.15, 0.2) is 13.1 Å². The third kappa shape index (κ3) is 4.23. The fourth-order valence-electron chi connectivity index (χ4n) is 3.43. The molecule has 1 aliphatic rings. The van der Waals surface area contributed by atoms with E-state index in [9.17, 15) is 23.4 Å². The monoisotopic (exact) mass is 474 g/mol. The van der Waals surface area contributed by atoms with Crippen LogP contribution in [0.15, 0.2) is 30.3 Å². The summed E-state index contributed by atoms with van der Waals surface area (Å²) < 4.78 is 45.8. The number of H-pyrrole nitrogens is 1. The topological polar surface area (TPSA) is 81.4 Å². The number of rotatable bonds is 3. The molecule has 3 heterocycles. The lowest BCUT2D eigenvalue weighted by atomic mass is 10.0. The number of aliphatic hydroxyl groups is 2. The van der Waals surface area contributed by atoms with Crippen molar-refractivity contribution < 1.29 is 32.7 Å². The van der Waals surface area contributed by atoms with E-state index in [1.165, 1.54) is 24.3 Å². The number of halogens is 5. The second-order valence-corrected chi connectivity index (χ2v) is 7.79. The van der Waals surface area contributed by atoms with Crippen molar-refractivity contribution in [2.45, 2.75) is 12.3 Å². The van der Waals surface area contributed by atoms with E-state index < -0.39 is 18.0 Å². The van der Waals surface area contributed by atoms with Crippen molar-refractivity contribution in [2.75, 3.05) is 26.3 Å². The van der Waals surface area contributed by atoms with Crippen LogP contribution in [0.4, 0.5) is 13.2 Å². The van der Waals surface area contributed by atoms with Crippen LogP contribution in [0.1, 0.15) is 28.6 Å². The summed E-state index contributed by atoms with van der Waals surface area (Å²) in [5.74, 6) is -0.0773. The number of fused-ring (bicyclic) bond motifs is 1. The highest BCUT2D eigenvalue weighted by Crippen LogP contribution is 2.37. The third-order valence-electron chi connectivity index (χ3n) is 5.03. The molecule has 1 saturated heterocycles. The van der Waals surface area contributed by atoms with Crippen LogP contribution in [-0.2, 0) is 10.9 Å². The van der Waals surface area contributed by atoms with Crippen LogP contribution in [0.5, 0.6) is 0 Å². The van der Waals surface area contributed by atoms with Crippen molar-refractivity contribution in [3.8, 4) is 0 Å². The largest absolute Gasteiger partial charge is 0.460 e. The number of aromatic nitrogens is 2.